The monoisotopic (exact) mass is 591 g/mol. The number of primary amides is 1. The Kier molecular flexibility index (Phi) is 7.84. The number of aliphatic hydroxyl groups is 3. The Labute approximate surface area is 249 Å². The number of fused-ring (bicyclic) bond motifs is 3. The van der Waals surface area contributed by atoms with E-state index < -0.39 is 58.0 Å². The van der Waals surface area contributed by atoms with Crippen LogP contribution in [0.4, 0.5) is 0 Å². The molecule has 0 aromatic heterocycles. The molecular weight excluding hydrogens is 554 g/mol. The van der Waals surface area contributed by atoms with Gasteiger partial charge in [-0.05, 0) is 80.7 Å². The van der Waals surface area contributed by atoms with E-state index in [9.17, 15) is 34.8 Å². The van der Waals surface area contributed by atoms with Crippen molar-refractivity contribution in [1.82, 2.24) is 10.2 Å². The number of hydrogen-bond acceptors (Lipinski definition) is 10. The van der Waals surface area contributed by atoms with E-state index in [1.807, 2.05) is 18.2 Å². The molecule has 3 aliphatic rings. The molecule has 7 N–H and O–H groups in total. The fourth-order valence-corrected chi connectivity index (χ4v) is 6.99. The van der Waals surface area contributed by atoms with Crippen LogP contribution in [0.2, 0.25) is 0 Å². The summed E-state index contributed by atoms with van der Waals surface area (Å²) < 4.78 is 5.67. The first kappa shape index (κ1) is 30.3. The molecule has 43 heavy (non-hydrogen) atoms. The normalized spacial score (nSPS) is 25.0. The molecule has 0 fully saturated rings. The van der Waals surface area contributed by atoms with E-state index in [4.69, 9.17) is 10.5 Å². The highest BCUT2D eigenvalue weighted by Gasteiger charge is 2.63. The summed E-state index contributed by atoms with van der Waals surface area (Å²) in [7, 11) is 4.74. The second kappa shape index (κ2) is 11.1. The van der Waals surface area contributed by atoms with Gasteiger partial charge in [0.25, 0.3) is 5.91 Å². The number of ether oxygens (including phenoxy) is 1. The minimum Gasteiger partial charge on any atom is -0.510 e. The van der Waals surface area contributed by atoms with Crippen LogP contribution in [0.15, 0.2) is 53.0 Å². The van der Waals surface area contributed by atoms with Gasteiger partial charge in [-0.2, -0.15) is 0 Å². The van der Waals surface area contributed by atoms with Gasteiger partial charge in [0.15, 0.2) is 11.4 Å². The Balaban J connectivity index is 1.68. The SMILES string of the molecule is CCCNCc1ccc(OC)c(-c2ccc(O)c3c2C[C@H]2C[C@H]4C(N(C)C)C(O)=C(C(N)=O)C(=O)[C@@]4(O)C(O)=C2C3=O)c1. The number of aliphatic hydroxyl groups excluding tert-OH is 2. The molecule has 0 saturated heterocycles. The number of Topliss-reactive ketones (excluding diaryl/α,β-unsaturated/α-hetero) is 2. The number of allylic oxidation sites excluding steroid dienone is 1. The number of amides is 1. The number of nitrogens with zero attached hydrogens (tertiary/aromatic N) is 1. The van der Waals surface area contributed by atoms with Gasteiger partial charge in [0.2, 0.25) is 5.78 Å². The number of nitrogens with one attached hydrogen (secondary N) is 1. The minimum absolute atomic E-state index is 0.0129. The van der Waals surface area contributed by atoms with Crippen molar-refractivity contribution in [2.75, 3.05) is 27.7 Å². The standard InChI is InChI=1S/C32H37N3O8/c1-5-10-34-14-15-6-9-22(43-4)18(11-15)17-7-8-21(36)24-19(17)12-16-13-20-26(35(2)3)28(38)25(31(33)41)30(40)32(20,42)29(39)23(16)27(24)37/h6-9,11,16,20,26,34,36,38-39,42H,5,10,12-14H2,1-4H3,(H2,33,41)/t16-,20-,26?,32-/m0/s1. The molecule has 1 unspecified atom stereocenters. The molecule has 0 spiro atoms. The topological polar surface area (TPSA) is 183 Å². The zero-order valence-corrected chi connectivity index (χ0v) is 24.6. The number of phenols is 1. The number of nitrogens with two attached hydrogens (primary N) is 1. The van der Waals surface area contributed by atoms with Gasteiger partial charge in [-0.3, -0.25) is 19.3 Å². The predicted molar refractivity (Wildman–Crippen MR) is 158 cm³/mol. The number of likely N-dealkylation sites (N-methyl/N-ethyl adjacent to an activating group) is 1. The van der Waals surface area contributed by atoms with Gasteiger partial charge in [0.1, 0.15) is 28.6 Å². The van der Waals surface area contributed by atoms with Crippen molar-refractivity contribution in [1.29, 1.82) is 0 Å². The molecule has 0 aliphatic heterocycles. The van der Waals surface area contributed by atoms with Gasteiger partial charge in [-0.25, -0.2) is 0 Å². The number of aromatic hydroxyl groups is 1. The molecule has 11 nitrogen and oxygen atoms in total. The van der Waals surface area contributed by atoms with E-state index in [1.54, 1.807) is 27.3 Å². The third-order valence-electron chi connectivity index (χ3n) is 8.92. The summed E-state index contributed by atoms with van der Waals surface area (Å²) >= 11 is 0. The molecule has 3 aliphatic carbocycles. The number of hydrogen-bond donors (Lipinski definition) is 6. The van der Waals surface area contributed by atoms with Gasteiger partial charge in [0, 0.05) is 23.6 Å². The molecule has 5 rings (SSSR count). The van der Waals surface area contributed by atoms with Crippen LogP contribution in [0.3, 0.4) is 0 Å². The maximum Gasteiger partial charge on any atom is 0.255 e. The van der Waals surface area contributed by atoms with E-state index in [0.29, 0.717) is 23.4 Å². The number of methoxy groups -OCH3 is 1. The fraction of sp³-hybridized carbons (Fsp3) is 0.406. The summed E-state index contributed by atoms with van der Waals surface area (Å²) in [4.78, 5) is 41.3. The third-order valence-corrected chi connectivity index (χ3v) is 8.92. The van der Waals surface area contributed by atoms with Crippen LogP contribution < -0.4 is 15.8 Å². The average molecular weight is 592 g/mol. The van der Waals surface area contributed by atoms with Crippen molar-refractivity contribution in [3.8, 4) is 22.6 Å². The highest BCUT2D eigenvalue weighted by molar-refractivity contribution is 6.25. The minimum atomic E-state index is -2.68. The first-order valence-corrected chi connectivity index (χ1v) is 14.3. The lowest BCUT2D eigenvalue weighted by Crippen LogP contribution is -2.63. The number of carbonyl (C=O) groups excluding carboxylic acids is 3. The number of phenolic OH excluding ortho intramolecular Hbond substituents is 1. The molecule has 1 amide bonds. The summed E-state index contributed by atoms with van der Waals surface area (Å²) in [5, 5.41) is 48.6. The quantitative estimate of drug-likeness (QED) is 0.197. The maximum absolute atomic E-state index is 14.1. The second-order valence-corrected chi connectivity index (χ2v) is 11.7. The molecule has 11 heteroatoms. The highest BCUT2D eigenvalue weighted by atomic mass is 16.5. The predicted octanol–water partition coefficient (Wildman–Crippen LogP) is 2.30. The highest BCUT2D eigenvalue weighted by Crippen LogP contribution is 2.53. The van der Waals surface area contributed by atoms with Crippen LogP contribution >= 0.6 is 0 Å². The van der Waals surface area contributed by atoms with Crippen molar-refractivity contribution < 1.29 is 39.5 Å². The Morgan fingerprint density at radius 1 is 1.14 bits per heavy atom. The Hall–Kier alpha value is -4.19. The molecule has 2 aromatic rings. The molecule has 228 valence electrons. The van der Waals surface area contributed by atoms with E-state index >= 15 is 0 Å². The molecule has 2 aromatic carbocycles. The van der Waals surface area contributed by atoms with Crippen LogP contribution in [0, 0.1) is 11.8 Å². The van der Waals surface area contributed by atoms with Crippen molar-refractivity contribution in [3.63, 3.8) is 0 Å². The molecular formula is C32H37N3O8. The summed E-state index contributed by atoms with van der Waals surface area (Å²) in [5.41, 5.74) is 4.56. The lowest BCUT2D eigenvalue weighted by molar-refractivity contribution is -0.148. The van der Waals surface area contributed by atoms with Gasteiger partial charge in [0.05, 0.1) is 18.7 Å². The number of ketones is 2. The average Bonchev–Trinajstić information content (AvgIpc) is 2.95. The van der Waals surface area contributed by atoms with Gasteiger partial charge < -0.3 is 36.2 Å². The largest absolute Gasteiger partial charge is 0.510 e. The fourth-order valence-electron chi connectivity index (χ4n) is 6.99. The van der Waals surface area contributed by atoms with Crippen molar-refractivity contribution in [2.24, 2.45) is 17.6 Å². The summed E-state index contributed by atoms with van der Waals surface area (Å²) in [5.74, 6) is -6.26. The summed E-state index contributed by atoms with van der Waals surface area (Å²) in [6, 6.07) is 7.83. The third kappa shape index (κ3) is 4.59. The smallest absolute Gasteiger partial charge is 0.255 e. The summed E-state index contributed by atoms with van der Waals surface area (Å²) in [6.45, 7) is 3.55. The van der Waals surface area contributed by atoms with Crippen LogP contribution in [0.25, 0.3) is 11.1 Å². The van der Waals surface area contributed by atoms with Gasteiger partial charge >= 0.3 is 0 Å². The molecule has 0 heterocycles. The Morgan fingerprint density at radius 3 is 2.49 bits per heavy atom. The molecule has 0 saturated carbocycles. The molecule has 4 atom stereocenters. The summed E-state index contributed by atoms with van der Waals surface area (Å²) in [6.07, 6.45) is 1.17. The van der Waals surface area contributed by atoms with Crippen molar-refractivity contribution in [2.45, 2.75) is 44.4 Å². The number of benzene rings is 2. The van der Waals surface area contributed by atoms with E-state index in [2.05, 4.69) is 12.2 Å². The zero-order valence-electron chi connectivity index (χ0n) is 24.6. The zero-order chi connectivity index (χ0) is 31.4. The van der Waals surface area contributed by atoms with Crippen LogP contribution in [-0.4, -0.2) is 82.2 Å². The lowest BCUT2D eigenvalue weighted by atomic mass is 9.58. The van der Waals surface area contributed by atoms with E-state index in [1.165, 1.54) is 11.0 Å². The van der Waals surface area contributed by atoms with E-state index in [0.717, 1.165) is 24.1 Å². The molecule has 0 radical (unpaired) electrons. The van der Waals surface area contributed by atoms with Crippen LogP contribution in [0.1, 0.15) is 41.3 Å². The first-order valence-electron chi connectivity index (χ1n) is 14.3. The number of rotatable bonds is 8. The Bertz CT molecular complexity index is 1590. The maximum atomic E-state index is 14.1. The molecule has 0 bridgehead atoms. The van der Waals surface area contributed by atoms with Gasteiger partial charge in [-0.1, -0.05) is 19.1 Å². The van der Waals surface area contributed by atoms with Crippen molar-refractivity contribution in [3.05, 3.63) is 69.7 Å². The first-order chi connectivity index (χ1) is 20.4. The van der Waals surface area contributed by atoms with Crippen LogP contribution in [-0.2, 0) is 22.6 Å². The van der Waals surface area contributed by atoms with E-state index in [-0.39, 0.29) is 29.7 Å². The number of carbonyl (C=O) groups is 3. The lowest BCUT2D eigenvalue weighted by Gasteiger charge is -2.50. The Morgan fingerprint density at radius 2 is 1.86 bits per heavy atom. The van der Waals surface area contributed by atoms with Gasteiger partial charge in [-0.15, -0.1) is 0 Å². The van der Waals surface area contributed by atoms with Crippen molar-refractivity contribution >= 4 is 17.5 Å². The second-order valence-electron chi connectivity index (χ2n) is 11.7. The van der Waals surface area contributed by atoms with Crippen LogP contribution in [0.5, 0.6) is 11.5 Å².